The van der Waals surface area contributed by atoms with Gasteiger partial charge in [-0.15, -0.1) is 0 Å². The topological polar surface area (TPSA) is 15.3 Å². The third-order valence-corrected chi connectivity index (χ3v) is 3.11. The Morgan fingerprint density at radius 2 is 1.53 bits per heavy atom. The fourth-order valence-corrected chi connectivity index (χ4v) is 2.28. The lowest BCUT2D eigenvalue weighted by molar-refractivity contribution is -0.155. The van der Waals surface area contributed by atoms with E-state index in [2.05, 4.69) is 5.32 Å². The summed E-state index contributed by atoms with van der Waals surface area (Å²) in [6.07, 6.45) is -8.92. The largest absolute Gasteiger partial charge is 0.401 e. The van der Waals surface area contributed by atoms with Crippen LogP contribution >= 0.6 is 0 Å². The van der Waals surface area contributed by atoms with Gasteiger partial charge in [0.05, 0.1) is 6.54 Å². The zero-order valence-corrected chi connectivity index (χ0v) is 10.4. The van der Waals surface area contributed by atoms with Crippen molar-refractivity contribution in [3.63, 3.8) is 0 Å². The number of rotatable bonds is 5. The summed E-state index contributed by atoms with van der Waals surface area (Å²) < 4.78 is 73.4. The first-order valence-corrected chi connectivity index (χ1v) is 6.26. The fourth-order valence-electron chi connectivity index (χ4n) is 2.28. The van der Waals surface area contributed by atoms with Crippen LogP contribution in [0.3, 0.4) is 0 Å². The fraction of sp³-hybridized carbons (Fsp3) is 1.00. The van der Waals surface area contributed by atoms with Gasteiger partial charge in [0.15, 0.2) is 0 Å². The van der Waals surface area contributed by atoms with E-state index in [0.29, 0.717) is 25.9 Å². The van der Waals surface area contributed by atoms with Crippen molar-refractivity contribution in [2.45, 2.75) is 44.1 Å². The van der Waals surface area contributed by atoms with Crippen LogP contribution in [0.1, 0.15) is 25.7 Å². The number of piperidine rings is 1. The molecule has 0 atom stereocenters. The van der Waals surface area contributed by atoms with Crippen LogP contribution in [-0.2, 0) is 0 Å². The van der Waals surface area contributed by atoms with E-state index in [1.165, 1.54) is 0 Å². The van der Waals surface area contributed by atoms with Crippen molar-refractivity contribution in [2.75, 3.05) is 26.2 Å². The van der Waals surface area contributed by atoms with Gasteiger partial charge in [-0.3, -0.25) is 4.90 Å². The van der Waals surface area contributed by atoms with Crippen LogP contribution in [0, 0.1) is 0 Å². The highest BCUT2D eigenvalue weighted by Gasteiger charge is 2.35. The first kappa shape index (κ1) is 16.6. The highest BCUT2D eigenvalue weighted by atomic mass is 19.4. The summed E-state index contributed by atoms with van der Waals surface area (Å²) in [6, 6.07) is -0.281. The zero-order chi connectivity index (χ0) is 14.5. The van der Waals surface area contributed by atoms with Crippen LogP contribution in [0.2, 0.25) is 0 Å². The second kappa shape index (κ2) is 6.78. The van der Waals surface area contributed by atoms with E-state index in [0.717, 1.165) is 4.90 Å². The van der Waals surface area contributed by atoms with Crippen molar-refractivity contribution in [3.05, 3.63) is 0 Å². The van der Waals surface area contributed by atoms with Crippen LogP contribution < -0.4 is 5.32 Å². The Balaban J connectivity index is 2.48. The minimum absolute atomic E-state index is 0.163. The summed E-state index contributed by atoms with van der Waals surface area (Å²) in [6.45, 7) is -0.0736. The molecule has 1 heterocycles. The second-order valence-corrected chi connectivity index (χ2v) is 4.79. The van der Waals surface area contributed by atoms with Crippen molar-refractivity contribution in [1.29, 1.82) is 0 Å². The molecule has 0 unspecified atom stereocenters. The third kappa shape index (κ3) is 7.61. The van der Waals surface area contributed by atoms with Gasteiger partial charge in [0.25, 0.3) is 0 Å². The molecule has 1 aliphatic rings. The van der Waals surface area contributed by atoms with Crippen LogP contribution in [-0.4, -0.2) is 49.5 Å². The van der Waals surface area contributed by atoms with Gasteiger partial charge in [-0.05, 0) is 38.9 Å². The zero-order valence-electron chi connectivity index (χ0n) is 10.4. The van der Waals surface area contributed by atoms with Crippen LogP contribution in [0.4, 0.5) is 26.3 Å². The first-order valence-electron chi connectivity index (χ1n) is 6.26. The maximum atomic E-state index is 12.4. The number of hydrogen-bond donors (Lipinski definition) is 1. The predicted octanol–water partition coefficient (Wildman–Crippen LogP) is 2.95. The van der Waals surface area contributed by atoms with Gasteiger partial charge in [0.2, 0.25) is 0 Å². The third-order valence-electron chi connectivity index (χ3n) is 3.11. The molecule has 1 rings (SSSR count). The molecule has 0 aromatic carbocycles. The summed E-state index contributed by atoms with van der Waals surface area (Å²) in [4.78, 5) is 1.15. The van der Waals surface area contributed by atoms with Gasteiger partial charge in [-0.2, -0.15) is 26.3 Å². The molecule has 0 saturated carbocycles. The lowest BCUT2D eigenvalue weighted by Gasteiger charge is -2.35. The molecule has 2 nitrogen and oxygen atoms in total. The molecule has 1 N–H and O–H groups in total. The number of nitrogens with zero attached hydrogens (tertiary/aromatic N) is 1. The maximum absolute atomic E-state index is 12.4. The monoisotopic (exact) mass is 292 g/mol. The van der Waals surface area contributed by atoms with E-state index >= 15 is 0 Å². The Hall–Kier alpha value is -0.500. The summed E-state index contributed by atoms with van der Waals surface area (Å²) in [5.41, 5.74) is 0. The molecule has 0 aromatic heterocycles. The van der Waals surface area contributed by atoms with Gasteiger partial charge >= 0.3 is 12.4 Å². The molecule has 19 heavy (non-hydrogen) atoms. The van der Waals surface area contributed by atoms with Gasteiger partial charge in [0.1, 0.15) is 0 Å². The second-order valence-electron chi connectivity index (χ2n) is 4.79. The van der Waals surface area contributed by atoms with Gasteiger partial charge in [0, 0.05) is 12.5 Å². The highest BCUT2D eigenvalue weighted by molar-refractivity contribution is 4.79. The summed E-state index contributed by atoms with van der Waals surface area (Å²) in [5, 5.41) is 3.02. The molecule has 0 radical (unpaired) electrons. The van der Waals surface area contributed by atoms with Crippen molar-refractivity contribution in [2.24, 2.45) is 0 Å². The van der Waals surface area contributed by atoms with Crippen molar-refractivity contribution in [1.82, 2.24) is 10.2 Å². The van der Waals surface area contributed by atoms with Crippen LogP contribution in [0.15, 0.2) is 0 Å². The highest BCUT2D eigenvalue weighted by Crippen LogP contribution is 2.25. The van der Waals surface area contributed by atoms with Gasteiger partial charge < -0.3 is 5.32 Å². The molecule has 0 aromatic rings. The standard InChI is InChI=1S/C11H18F6N2/c12-10(13,14)4-1-7-19(8-11(15,16)17)9-2-5-18-6-3-9/h9,18H,1-8H2. The Morgan fingerprint density at radius 3 is 2.00 bits per heavy atom. The lowest BCUT2D eigenvalue weighted by Crippen LogP contribution is -2.47. The number of alkyl halides is 6. The average Bonchev–Trinajstić information content (AvgIpc) is 2.25. The SMILES string of the molecule is FC(F)(F)CCCN(CC(F)(F)F)C1CCNCC1. The molecule has 0 spiro atoms. The van der Waals surface area contributed by atoms with Crippen molar-refractivity contribution in [3.8, 4) is 0 Å². The minimum Gasteiger partial charge on any atom is -0.317 e. The summed E-state index contributed by atoms with van der Waals surface area (Å²) >= 11 is 0. The Kier molecular flexibility index (Phi) is 5.91. The van der Waals surface area contributed by atoms with E-state index in [1.54, 1.807) is 0 Å². The Morgan fingerprint density at radius 1 is 0.947 bits per heavy atom. The quantitative estimate of drug-likeness (QED) is 0.784. The molecule has 0 amide bonds. The molecule has 8 heteroatoms. The number of nitrogens with one attached hydrogen (secondary N) is 1. The number of halogens is 6. The van der Waals surface area contributed by atoms with Crippen LogP contribution in [0.25, 0.3) is 0 Å². The summed E-state index contributed by atoms with van der Waals surface area (Å²) in [5.74, 6) is 0. The van der Waals surface area contributed by atoms with Crippen molar-refractivity contribution < 1.29 is 26.3 Å². The average molecular weight is 292 g/mol. The molecular formula is C11H18F6N2. The molecule has 114 valence electrons. The Bertz CT molecular complexity index is 257. The maximum Gasteiger partial charge on any atom is 0.401 e. The first-order chi connectivity index (χ1) is 8.67. The molecule has 0 bridgehead atoms. The van der Waals surface area contributed by atoms with E-state index in [-0.39, 0.29) is 19.0 Å². The molecular weight excluding hydrogens is 274 g/mol. The van der Waals surface area contributed by atoms with Gasteiger partial charge in [-0.25, -0.2) is 0 Å². The minimum atomic E-state index is -4.37. The van der Waals surface area contributed by atoms with E-state index in [1.807, 2.05) is 0 Å². The predicted molar refractivity (Wildman–Crippen MR) is 58.8 cm³/mol. The Labute approximate surface area is 108 Å². The summed E-state index contributed by atoms with van der Waals surface area (Å²) in [7, 11) is 0. The smallest absolute Gasteiger partial charge is 0.317 e. The van der Waals surface area contributed by atoms with E-state index < -0.39 is 25.3 Å². The molecule has 1 saturated heterocycles. The van der Waals surface area contributed by atoms with Crippen LogP contribution in [0.5, 0.6) is 0 Å². The molecule has 0 aliphatic carbocycles. The number of hydrogen-bond acceptors (Lipinski definition) is 2. The van der Waals surface area contributed by atoms with E-state index in [9.17, 15) is 26.3 Å². The lowest BCUT2D eigenvalue weighted by atomic mass is 10.0. The normalized spacial score (nSPS) is 19.1. The van der Waals surface area contributed by atoms with E-state index in [4.69, 9.17) is 0 Å². The molecule has 1 fully saturated rings. The van der Waals surface area contributed by atoms with Crippen molar-refractivity contribution >= 4 is 0 Å². The van der Waals surface area contributed by atoms with Gasteiger partial charge in [-0.1, -0.05) is 0 Å². The molecule has 1 aliphatic heterocycles.